The molecule has 1 aliphatic rings. The van der Waals surface area contributed by atoms with E-state index in [0.717, 1.165) is 56.6 Å². The minimum absolute atomic E-state index is 0.859. The molecule has 0 amide bonds. The standard InChI is InChI=1S/C57H44N2OSi/c1-61(2,3)46-33-30-44(31-34-46)59(42-20-11-6-12-21-42)45-32-35-49-54-38-52-48-23-14-13-22-47(48)51(37-53(52)50-24-15-25-55(57(50)54)60-56(49)36-45)39-26-28-43(29-27-39)58(40-16-7-4-8-17-40)41-18-9-5-10-19-41/h4-38H,1-3H3. The lowest BCUT2D eigenvalue weighted by molar-refractivity contribution is 0.487. The zero-order valence-electron chi connectivity index (χ0n) is 34.5. The number of rotatable bonds is 8. The van der Waals surface area contributed by atoms with Gasteiger partial charge in [-0.05, 0) is 135 Å². The minimum atomic E-state index is -1.45. The van der Waals surface area contributed by atoms with Crippen LogP contribution in [0.15, 0.2) is 212 Å². The SMILES string of the molecule is C[Si](C)(C)c1ccc(N(c2ccccc2)c2ccc3c(c2)Oc2cccc4c2c-3cc2c3ccccc3c(-c3ccc(N(c5ccccc5)c5ccccc5)cc3)cc42)cc1. The number of hydrogen-bond donors (Lipinski definition) is 0. The molecule has 0 N–H and O–H groups in total. The zero-order valence-corrected chi connectivity index (χ0v) is 35.5. The summed E-state index contributed by atoms with van der Waals surface area (Å²) in [4.78, 5) is 4.64. The van der Waals surface area contributed by atoms with Crippen molar-refractivity contribution in [3.63, 3.8) is 0 Å². The van der Waals surface area contributed by atoms with Gasteiger partial charge in [0.15, 0.2) is 0 Å². The topological polar surface area (TPSA) is 15.7 Å². The summed E-state index contributed by atoms with van der Waals surface area (Å²) >= 11 is 0. The molecular formula is C57H44N2OSi. The van der Waals surface area contributed by atoms with Crippen molar-refractivity contribution in [1.82, 2.24) is 0 Å². The van der Waals surface area contributed by atoms with Gasteiger partial charge in [0.05, 0.1) is 8.07 Å². The number of para-hydroxylation sites is 3. The van der Waals surface area contributed by atoms with E-state index in [2.05, 4.69) is 242 Å². The Balaban J connectivity index is 1.04. The largest absolute Gasteiger partial charge is 0.456 e. The Labute approximate surface area is 358 Å². The summed E-state index contributed by atoms with van der Waals surface area (Å²) in [6.07, 6.45) is 0. The average molecular weight is 801 g/mol. The molecule has 0 unspecified atom stereocenters. The number of anilines is 6. The molecule has 0 fully saturated rings. The summed E-state index contributed by atoms with van der Waals surface area (Å²) in [6, 6.07) is 76.8. The first kappa shape index (κ1) is 36.7. The lowest BCUT2D eigenvalue weighted by atomic mass is 9.86. The van der Waals surface area contributed by atoms with E-state index < -0.39 is 8.07 Å². The number of hydrogen-bond acceptors (Lipinski definition) is 3. The average Bonchev–Trinajstić information content (AvgIpc) is 3.30. The lowest BCUT2D eigenvalue weighted by Gasteiger charge is -2.29. The fourth-order valence-corrected chi connectivity index (χ4v) is 10.3. The molecule has 10 aromatic carbocycles. The maximum absolute atomic E-state index is 6.91. The Morgan fingerprint density at radius 3 is 1.41 bits per heavy atom. The van der Waals surface area contributed by atoms with Crippen LogP contribution in [0.25, 0.3) is 54.6 Å². The smallest absolute Gasteiger partial charge is 0.137 e. The predicted octanol–water partition coefficient (Wildman–Crippen LogP) is 16.1. The quantitative estimate of drug-likeness (QED) is 0.112. The Bertz CT molecular complexity index is 3190. The highest BCUT2D eigenvalue weighted by molar-refractivity contribution is 6.88. The number of fused-ring (bicyclic) bond motifs is 6. The molecule has 10 aromatic rings. The van der Waals surface area contributed by atoms with Crippen LogP contribution in [0.3, 0.4) is 0 Å². The summed E-state index contributed by atoms with van der Waals surface area (Å²) in [5.41, 5.74) is 11.3. The van der Waals surface area contributed by atoms with Crippen molar-refractivity contribution in [2.24, 2.45) is 0 Å². The normalized spacial score (nSPS) is 12.0. The maximum Gasteiger partial charge on any atom is 0.137 e. The molecule has 0 bridgehead atoms. The van der Waals surface area contributed by atoms with Crippen molar-refractivity contribution >= 4 is 79.7 Å². The van der Waals surface area contributed by atoms with Gasteiger partial charge in [-0.1, -0.05) is 140 Å². The highest BCUT2D eigenvalue weighted by Crippen LogP contribution is 2.52. The minimum Gasteiger partial charge on any atom is -0.456 e. The molecule has 0 aromatic heterocycles. The Hall–Kier alpha value is -7.40. The van der Waals surface area contributed by atoms with Crippen molar-refractivity contribution in [2.45, 2.75) is 19.6 Å². The predicted molar refractivity (Wildman–Crippen MR) is 262 cm³/mol. The van der Waals surface area contributed by atoms with Crippen LogP contribution >= 0.6 is 0 Å². The fraction of sp³-hybridized carbons (Fsp3) is 0.0526. The first-order valence-electron chi connectivity index (χ1n) is 21.1. The van der Waals surface area contributed by atoms with Gasteiger partial charge in [-0.25, -0.2) is 0 Å². The summed E-state index contributed by atoms with van der Waals surface area (Å²) < 4.78 is 6.91. The van der Waals surface area contributed by atoms with Crippen LogP contribution in [0.5, 0.6) is 11.5 Å². The van der Waals surface area contributed by atoms with Gasteiger partial charge in [-0.2, -0.15) is 0 Å². The molecule has 4 heteroatoms. The number of ether oxygens (including phenoxy) is 1. The van der Waals surface area contributed by atoms with Gasteiger partial charge in [0.2, 0.25) is 0 Å². The molecule has 1 aliphatic heterocycles. The molecule has 0 atom stereocenters. The van der Waals surface area contributed by atoms with E-state index in [0.29, 0.717) is 0 Å². The third-order valence-corrected chi connectivity index (χ3v) is 14.2. The summed E-state index contributed by atoms with van der Waals surface area (Å²) in [5.74, 6) is 1.74. The van der Waals surface area contributed by atoms with Gasteiger partial charge in [0, 0.05) is 51.1 Å². The van der Waals surface area contributed by atoms with Crippen molar-refractivity contribution in [3.05, 3.63) is 212 Å². The van der Waals surface area contributed by atoms with Crippen LogP contribution in [0.1, 0.15) is 0 Å². The molecule has 0 saturated heterocycles. The molecule has 3 nitrogen and oxygen atoms in total. The lowest BCUT2D eigenvalue weighted by Crippen LogP contribution is -2.37. The van der Waals surface area contributed by atoms with E-state index in [9.17, 15) is 0 Å². The van der Waals surface area contributed by atoms with E-state index >= 15 is 0 Å². The third kappa shape index (κ3) is 6.44. The van der Waals surface area contributed by atoms with E-state index in [1.54, 1.807) is 0 Å². The van der Waals surface area contributed by atoms with Gasteiger partial charge in [0.25, 0.3) is 0 Å². The molecule has 0 saturated carbocycles. The van der Waals surface area contributed by atoms with Gasteiger partial charge in [-0.15, -0.1) is 0 Å². The molecule has 11 rings (SSSR count). The second kappa shape index (κ2) is 14.7. The molecule has 0 radical (unpaired) electrons. The van der Waals surface area contributed by atoms with Crippen LogP contribution in [0.2, 0.25) is 19.6 Å². The van der Waals surface area contributed by atoms with Crippen molar-refractivity contribution in [1.29, 1.82) is 0 Å². The maximum atomic E-state index is 6.91. The van der Waals surface area contributed by atoms with Gasteiger partial charge in [0.1, 0.15) is 11.5 Å². The van der Waals surface area contributed by atoms with Crippen LogP contribution in [-0.2, 0) is 0 Å². The Morgan fingerprint density at radius 2 is 0.803 bits per heavy atom. The van der Waals surface area contributed by atoms with E-state index in [-0.39, 0.29) is 0 Å². The first-order valence-corrected chi connectivity index (χ1v) is 24.6. The molecule has 61 heavy (non-hydrogen) atoms. The van der Waals surface area contributed by atoms with Gasteiger partial charge in [-0.3, -0.25) is 0 Å². The molecular weight excluding hydrogens is 757 g/mol. The molecule has 0 aliphatic carbocycles. The van der Waals surface area contributed by atoms with Crippen LogP contribution < -0.4 is 19.7 Å². The molecule has 292 valence electrons. The second-order valence-electron chi connectivity index (χ2n) is 17.0. The van der Waals surface area contributed by atoms with E-state index in [4.69, 9.17) is 4.74 Å². The van der Waals surface area contributed by atoms with Crippen LogP contribution in [0, 0.1) is 0 Å². The summed E-state index contributed by atoms with van der Waals surface area (Å²) in [6.45, 7) is 7.19. The van der Waals surface area contributed by atoms with E-state index in [1.165, 1.54) is 48.8 Å². The monoisotopic (exact) mass is 800 g/mol. The van der Waals surface area contributed by atoms with Crippen molar-refractivity contribution in [2.75, 3.05) is 9.80 Å². The van der Waals surface area contributed by atoms with Crippen LogP contribution in [-0.4, -0.2) is 8.07 Å². The number of benzene rings is 10. The summed E-state index contributed by atoms with van der Waals surface area (Å²) in [7, 11) is -1.45. The van der Waals surface area contributed by atoms with Crippen molar-refractivity contribution < 1.29 is 4.74 Å². The Morgan fingerprint density at radius 1 is 0.328 bits per heavy atom. The molecule has 0 spiro atoms. The number of nitrogens with zero attached hydrogens (tertiary/aromatic N) is 2. The van der Waals surface area contributed by atoms with E-state index in [1.807, 2.05) is 0 Å². The zero-order chi connectivity index (χ0) is 41.1. The highest BCUT2D eigenvalue weighted by atomic mass is 28.3. The van der Waals surface area contributed by atoms with Gasteiger partial charge < -0.3 is 14.5 Å². The highest BCUT2D eigenvalue weighted by Gasteiger charge is 2.25. The molecule has 1 heterocycles. The first-order chi connectivity index (χ1) is 29.9. The summed E-state index contributed by atoms with van der Waals surface area (Å²) in [5, 5.41) is 8.71. The Kier molecular flexibility index (Phi) is 8.83. The fourth-order valence-electron chi connectivity index (χ4n) is 9.16. The third-order valence-electron chi connectivity index (χ3n) is 12.2. The van der Waals surface area contributed by atoms with Gasteiger partial charge >= 0.3 is 0 Å². The van der Waals surface area contributed by atoms with Crippen LogP contribution in [0.4, 0.5) is 34.1 Å². The van der Waals surface area contributed by atoms with Crippen molar-refractivity contribution in [3.8, 4) is 33.8 Å². The second-order valence-corrected chi connectivity index (χ2v) is 22.0.